The molecule has 3 N–H and O–H groups in total. The molecule has 2 rings (SSSR count). The molecule has 1 aliphatic rings. The minimum Gasteiger partial charge on any atom is -0.316 e. The summed E-state index contributed by atoms with van der Waals surface area (Å²) in [6, 6.07) is 12.4. The van der Waals surface area contributed by atoms with Crippen molar-refractivity contribution in [2.24, 2.45) is 0 Å². The van der Waals surface area contributed by atoms with E-state index in [0.29, 0.717) is 36.2 Å². The van der Waals surface area contributed by atoms with E-state index in [4.69, 9.17) is 10.8 Å². The van der Waals surface area contributed by atoms with E-state index in [-0.39, 0.29) is 6.04 Å². The van der Waals surface area contributed by atoms with Gasteiger partial charge in [-0.25, -0.2) is 0 Å². The lowest BCUT2D eigenvalue weighted by molar-refractivity contribution is 0.170. The third-order valence-electron chi connectivity index (χ3n) is 6.22. The van der Waals surface area contributed by atoms with E-state index in [1.54, 1.807) is 6.92 Å². The van der Waals surface area contributed by atoms with E-state index >= 15 is 0 Å². The molecule has 28 heavy (non-hydrogen) atoms. The fourth-order valence-corrected chi connectivity index (χ4v) is 4.69. The van der Waals surface area contributed by atoms with Gasteiger partial charge in [0.05, 0.1) is 5.84 Å². The molecule has 0 aliphatic carbocycles. The van der Waals surface area contributed by atoms with Gasteiger partial charge in [-0.2, -0.15) is 0 Å². The number of hydrogen-bond acceptors (Lipinski definition) is 4. The molecular weight excluding hydrogens is 346 g/mol. The predicted molar refractivity (Wildman–Crippen MR) is 119 cm³/mol. The quantitative estimate of drug-likeness (QED) is 0.428. The van der Waals surface area contributed by atoms with Crippen molar-refractivity contribution in [2.45, 2.75) is 84.0 Å². The van der Waals surface area contributed by atoms with E-state index in [0.717, 1.165) is 19.4 Å². The summed E-state index contributed by atoms with van der Waals surface area (Å²) in [5.74, 6) is 1.04. The number of rotatable bonds is 9. The average Bonchev–Trinajstić information content (AvgIpc) is 3.02. The van der Waals surface area contributed by atoms with Gasteiger partial charge >= 0.3 is 0 Å². The van der Waals surface area contributed by atoms with E-state index < -0.39 is 0 Å². The molecule has 1 aliphatic heterocycles. The lowest BCUT2D eigenvalue weighted by atomic mass is 10.0. The van der Waals surface area contributed by atoms with E-state index in [9.17, 15) is 0 Å². The summed E-state index contributed by atoms with van der Waals surface area (Å²) in [4.78, 5) is 4.57. The van der Waals surface area contributed by atoms with Crippen LogP contribution in [0.3, 0.4) is 0 Å². The molecule has 4 unspecified atom stereocenters. The van der Waals surface area contributed by atoms with Gasteiger partial charge in [0.25, 0.3) is 0 Å². The summed E-state index contributed by atoms with van der Waals surface area (Å²) in [6.45, 7) is 9.39. The molecule has 0 spiro atoms. The zero-order valence-electron chi connectivity index (χ0n) is 18.3. The van der Waals surface area contributed by atoms with Gasteiger partial charge in [-0.1, -0.05) is 37.3 Å². The lowest BCUT2D eigenvalue weighted by Crippen LogP contribution is -2.45. The van der Waals surface area contributed by atoms with Crippen molar-refractivity contribution < 1.29 is 0 Å². The molecule has 0 amide bonds. The van der Waals surface area contributed by atoms with Crippen LogP contribution >= 0.6 is 0 Å². The molecule has 5 heteroatoms. The summed E-state index contributed by atoms with van der Waals surface area (Å²) in [6.07, 6.45) is 5.23. The van der Waals surface area contributed by atoms with Crippen LogP contribution in [0.15, 0.2) is 30.3 Å². The molecule has 1 aromatic rings. The van der Waals surface area contributed by atoms with Crippen LogP contribution in [0.2, 0.25) is 0 Å². The molecule has 0 saturated carbocycles. The minimum atomic E-state index is 0.192. The van der Waals surface area contributed by atoms with Crippen molar-refractivity contribution >= 4 is 11.7 Å². The van der Waals surface area contributed by atoms with Crippen molar-refractivity contribution in [2.75, 3.05) is 13.6 Å². The van der Waals surface area contributed by atoms with Crippen molar-refractivity contribution in [1.29, 1.82) is 10.8 Å². The Bertz CT molecular complexity index is 629. The van der Waals surface area contributed by atoms with Gasteiger partial charge in [-0.3, -0.25) is 15.7 Å². The summed E-state index contributed by atoms with van der Waals surface area (Å²) in [7, 11) is 2.05. The Hall–Kier alpha value is -1.72. The summed E-state index contributed by atoms with van der Waals surface area (Å²) >= 11 is 0. The van der Waals surface area contributed by atoms with Gasteiger partial charge in [0.15, 0.2) is 0 Å². The zero-order valence-corrected chi connectivity index (χ0v) is 18.3. The number of hydrogen-bond donors (Lipinski definition) is 3. The average molecular weight is 386 g/mol. The molecule has 1 heterocycles. The highest BCUT2D eigenvalue weighted by Crippen LogP contribution is 2.30. The molecule has 1 saturated heterocycles. The van der Waals surface area contributed by atoms with Crippen LogP contribution in [0.1, 0.15) is 71.4 Å². The minimum absolute atomic E-state index is 0.192. The second-order valence-corrected chi connectivity index (χ2v) is 8.20. The van der Waals surface area contributed by atoms with E-state index in [1.807, 2.05) is 18.9 Å². The summed E-state index contributed by atoms with van der Waals surface area (Å²) in [5.41, 5.74) is 1.35. The molecule has 1 fully saturated rings. The monoisotopic (exact) mass is 385 g/mol. The van der Waals surface area contributed by atoms with E-state index in [1.165, 1.54) is 18.4 Å². The molecule has 0 bridgehead atoms. The Balaban J connectivity index is 2.01. The smallest absolute Gasteiger partial charge is 0.101 e. The Kier molecular flexibility index (Phi) is 8.64. The van der Waals surface area contributed by atoms with Gasteiger partial charge in [0.2, 0.25) is 0 Å². The third kappa shape index (κ3) is 5.65. The van der Waals surface area contributed by atoms with Gasteiger partial charge in [-0.15, -0.1) is 0 Å². The second-order valence-electron chi connectivity index (χ2n) is 8.20. The van der Waals surface area contributed by atoms with Crippen molar-refractivity contribution in [3.63, 3.8) is 0 Å². The number of nitrogens with one attached hydrogen (secondary N) is 3. The van der Waals surface area contributed by atoms with E-state index in [2.05, 4.69) is 54.4 Å². The first-order valence-corrected chi connectivity index (χ1v) is 10.8. The fourth-order valence-electron chi connectivity index (χ4n) is 4.69. The Morgan fingerprint density at radius 1 is 1.25 bits per heavy atom. The van der Waals surface area contributed by atoms with Crippen LogP contribution in [0, 0.1) is 10.8 Å². The first kappa shape index (κ1) is 22.6. The SMILES string of the molecule is CCC(=N)N(C(C)=N)C(C)CC1CCC(C)N1CCC(NC)c1ccccc1. The highest BCUT2D eigenvalue weighted by molar-refractivity contribution is 5.97. The molecule has 1 aromatic carbocycles. The molecule has 5 nitrogen and oxygen atoms in total. The first-order valence-electron chi connectivity index (χ1n) is 10.8. The van der Waals surface area contributed by atoms with Gasteiger partial charge in [0, 0.05) is 37.1 Å². The highest BCUT2D eigenvalue weighted by Gasteiger charge is 2.33. The molecule has 0 aromatic heterocycles. The zero-order chi connectivity index (χ0) is 20.7. The molecule has 156 valence electrons. The number of likely N-dealkylation sites (tertiary alicyclic amines) is 1. The largest absolute Gasteiger partial charge is 0.316 e. The lowest BCUT2D eigenvalue weighted by Gasteiger charge is -2.36. The maximum atomic E-state index is 8.24. The van der Waals surface area contributed by atoms with Crippen molar-refractivity contribution in [3.8, 4) is 0 Å². The molecule has 0 radical (unpaired) electrons. The first-order chi connectivity index (χ1) is 13.4. The van der Waals surface area contributed by atoms with Gasteiger partial charge < -0.3 is 10.2 Å². The Labute approximate surface area is 171 Å². The number of benzene rings is 1. The second kappa shape index (κ2) is 10.7. The number of amidine groups is 2. The van der Waals surface area contributed by atoms with Crippen molar-refractivity contribution in [3.05, 3.63) is 35.9 Å². The summed E-state index contributed by atoms with van der Waals surface area (Å²) < 4.78 is 0. The van der Waals surface area contributed by atoms with Crippen molar-refractivity contribution in [1.82, 2.24) is 15.1 Å². The Morgan fingerprint density at radius 2 is 1.93 bits per heavy atom. The van der Waals surface area contributed by atoms with Crippen LogP contribution < -0.4 is 5.32 Å². The standard InChI is InChI=1S/C23H39N5/c1-6-23(25)28(19(4)24)18(3)16-21-13-12-17(2)27(21)15-14-22(26-5)20-10-8-7-9-11-20/h7-11,17-18,21-22,24-26H,6,12-16H2,1-5H3. The molecule has 4 atom stereocenters. The predicted octanol–water partition coefficient (Wildman–Crippen LogP) is 4.66. The van der Waals surface area contributed by atoms with Crippen LogP contribution in [-0.2, 0) is 0 Å². The van der Waals surface area contributed by atoms with Crippen LogP contribution in [-0.4, -0.2) is 53.2 Å². The van der Waals surface area contributed by atoms with Crippen LogP contribution in [0.4, 0.5) is 0 Å². The van der Waals surface area contributed by atoms with Crippen LogP contribution in [0.25, 0.3) is 0 Å². The fraction of sp³-hybridized carbons (Fsp3) is 0.652. The topological polar surface area (TPSA) is 66.2 Å². The highest BCUT2D eigenvalue weighted by atomic mass is 15.2. The Morgan fingerprint density at radius 3 is 2.50 bits per heavy atom. The van der Waals surface area contributed by atoms with Crippen LogP contribution in [0.5, 0.6) is 0 Å². The van der Waals surface area contributed by atoms with Gasteiger partial charge in [-0.05, 0) is 59.1 Å². The molecular formula is C23H39N5. The maximum Gasteiger partial charge on any atom is 0.101 e. The normalized spacial score (nSPS) is 22.0. The van der Waals surface area contributed by atoms with Gasteiger partial charge in [0.1, 0.15) is 5.84 Å². The maximum absolute atomic E-state index is 8.24. The third-order valence-corrected chi connectivity index (χ3v) is 6.22. The number of nitrogens with zero attached hydrogens (tertiary/aromatic N) is 2. The summed E-state index contributed by atoms with van der Waals surface area (Å²) in [5, 5.41) is 19.8.